The lowest BCUT2D eigenvalue weighted by Gasteiger charge is -2.15. The summed E-state index contributed by atoms with van der Waals surface area (Å²) < 4.78 is 13.6. The largest absolute Gasteiger partial charge is 0.368 e. The first-order valence-electron chi connectivity index (χ1n) is 6.42. The third-order valence-electron chi connectivity index (χ3n) is 3.00. The van der Waals surface area contributed by atoms with Crippen molar-refractivity contribution in [2.45, 2.75) is 12.5 Å². The number of benzene rings is 1. The first kappa shape index (κ1) is 15.9. The predicted molar refractivity (Wildman–Crippen MR) is 79.8 cm³/mol. The first-order chi connectivity index (χ1) is 10.5. The van der Waals surface area contributed by atoms with Gasteiger partial charge >= 0.3 is 0 Å². The maximum atomic E-state index is 13.6. The molecule has 2 aromatic rings. The monoisotopic (exact) mass is 321 g/mol. The highest BCUT2D eigenvalue weighted by Crippen LogP contribution is 2.10. The SMILES string of the molecule is NC(=O)[C@@H](Cc1ccc(Cl)nc1)NC(=O)c1ccccc1F. The van der Waals surface area contributed by atoms with Crippen molar-refractivity contribution in [2.24, 2.45) is 5.73 Å². The zero-order valence-corrected chi connectivity index (χ0v) is 12.2. The molecule has 0 saturated heterocycles. The molecule has 2 amide bonds. The number of halogens is 2. The van der Waals surface area contributed by atoms with Crippen LogP contribution in [0.3, 0.4) is 0 Å². The van der Waals surface area contributed by atoms with E-state index in [-0.39, 0.29) is 12.0 Å². The van der Waals surface area contributed by atoms with Crippen molar-refractivity contribution >= 4 is 23.4 Å². The van der Waals surface area contributed by atoms with Gasteiger partial charge in [0, 0.05) is 12.6 Å². The lowest BCUT2D eigenvalue weighted by atomic mass is 10.1. The summed E-state index contributed by atoms with van der Waals surface area (Å²) in [6.45, 7) is 0. The van der Waals surface area contributed by atoms with Gasteiger partial charge in [0.15, 0.2) is 0 Å². The Balaban J connectivity index is 2.12. The average Bonchev–Trinajstić information content (AvgIpc) is 2.49. The number of hydrogen-bond donors (Lipinski definition) is 2. The highest BCUT2D eigenvalue weighted by Gasteiger charge is 2.21. The van der Waals surface area contributed by atoms with Gasteiger partial charge < -0.3 is 11.1 Å². The second-order valence-corrected chi connectivity index (χ2v) is 4.99. The van der Waals surface area contributed by atoms with Crippen LogP contribution in [0, 0.1) is 5.82 Å². The van der Waals surface area contributed by atoms with Gasteiger partial charge in [-0.3, -0.25) is 9.59 Å². The fraction of sp³-hybridized carbons (Fsp3) is 0.133. The van der Waals surface area contributed by atoms with E-state index in [2.05, 4.69) is 10.3 Å². The first-order valence-corrected chi connectivity index (χ1v) is 6.80. The van der Waals surface area contributed by atoms with Crippen molar-refractivity contribution in [3.05, 3.63) is 64.7 Å². The van der Waals surface area contributed by atoms with Gasteiger partial charge in [0.25, 0.3) is 5.91 Å². The number of amides is 2. The predicted octanol–water partition coefficient (Wildman–Crippen LogP) is 1.70. The van der Waals surface area contributed by atoms with Gasteiger partial charge in [-0.2, -0.15) is 0 Å². The van der Waals surface area contributed by atoms with Crippen molar-refractivity contribution in [1.29, 1.82) is 0 Å². The van der Waals surface area contributed by atoms with Gasteiger partial charge in [0.2, 0.25) is 5.91 Å². The van der Waals surface area contributed by atoms with E-state index in [1.165, 1.54) is 24.4 Å². The number of carbonyl (C=O) groups excluding carboxylic acids is 2. The number of primary amides is 1. The second-order valence-electron chi connectivity index (χ2n) is 4.60. The van der Waals surface area contributed by atoms with Crippen molar-refractivity contribution in [3.63, 3.8) is 0 Å². The van der Waals surface area contributed by atoms with Crippen LogP contribution in [0.4, 0.5) is 4.39 Å². The quantitative estimate of drug-likeness (QED) is 0.822. The molecule has 0 aliphatic rings. The number of nitrogens with two attached hydrogens (primary N) is 1. The summed E-state index contributed by atoms with van der Waals surface area (Å²) in [5.41, 5.74) is 5.80. The molecule has 3 N–H and O–H groups in total. The minimum Gasteiger partial charge on any atom is -0.368 e. The molecule has 114 valence electrons. The van der Waals surface area contributed by atoms with E-state index in [0.717, 1.165) is 6.07 Å². The van der Waals surface area contributed by atoms with Gasteiger partial charge in [0.05, 0.1) is 5.56 Å². The van der Waals surface area contributed by atoms with E-state index in [1.54, 1.807) is 12.1 Å². The Bertz CT molecular complexity index is 691. The summed E-state index contributed by atoms with van der Waals surface area (Å²) in [5, 5.41) is 2.74. The van der Waals surface area contributed by atoms with E-state index in [4.69, 9.17) is 17.3 Å². The molecule has 0 bridgehead atoms. The zero-order chi connectivity index (χ0) is 16.1. The van der Waals surface area contributed by atoms with E-state index in [0.29, 0.717) is 10.7 Å². The van der Waals surface area contributed by atoms with E-state index < -0.39 is 23.7 Å². The molecular formula is C15H13ClFN3O2. The molecule has 1 heterocycles. The number of carbonyl (C=O) groups is 2. The van der Waals surface area contributed by atoms with Gasteiger partial charge in [-0.15, -0.1) is 0 Å². The summed E-state index contributed by atoms with van der Waals surface area (Å²) in [4.78, 5) is 27.4. The molecule has 1 aromatic heterocycles. The highest BCUT2D eigenvalue weighted by molar-refractivity contribution is 6.29. The molecule has 0 radical (unpaired) electrons. The van der Waals surface area contributed by atoms with Crippen molar-refractivity contribution in [3.8, 4) is 0 Å². The highest BCUT2D eigenvalue weighted by atomic mass is 35.5. The number of hydrogen-bond acceptors (Lipinski definition) is 3. The minimum atomic E-state index is -0.977. The van der Waals surface area contributed by atoms with Crippen LogP contribution in [0.5, 0.6) is 0 Å². The zero-order valence-electron chi connectivity index (χ0n) is 11.4. The maximum absolute atomic E-state index is 13.6. The van der Waals surface area contributed by atoms with Crippen molar-refractivity contribution in [1.82, 2.24) is 10.3 Å². The molecule has 5 nitrogen and oxygen atoms in total. The topological polar surface area (TPSA) is 85.1 Å². The number of aromatic nitrogens is 1. The molecule has 0 spiro atoms. The van der Waals surface area contributed by atoms with Gasteiger partial charge in [-0.1, -0.05) is 29.8 Å². The molecule has 1 aromatic carbocycles. The Hall–Kier alpha value is -2.47. The lowest BCUT2D eigenvalue weighted by Crippen LogP contribution is -2.46. The molecule has 0 aliphatic heterocycles. The lowest BCUT2D eigenvalue weighted by molar-refractivity contribution is -0.119. The molecule has 2 rings (SSSR count). The normalized spacial score (nSPS) is 11.7. The fourth-order valence-electron chi connectivity index (χ4n) is 1.87. The van der Waals surface area contributed by atoms with Crippen LogP contribution in [0.25, 0.3) is 0 Å². The molecule has 22 heavy (non-hydrogen) atoms. The molecule has 0 saturated carbocycles. The molecule has 0 fully saturated rings. The Morgan fingerprint density at radius 3 is 2.59 bits per heavy atom. The smallest absolute Gasteiger partial charge is 0.254 e. The average molecular weight is 322 g/mol. The van der Waals surface area contributed by atoms with Crippen LogP contribution in [0.2, 0.25) is 5.15 Å². The van der Waals surface area contributed by atoms with Crippen LogP contribution in [0.15, 0.2) is 42.6 Å². The summed E-state index contributed by atoms with van der Waals surface area (Å²) in [6, 6.07) is 7.74. The van der Waals surface area contributed by atoms with E-state index in [1.807, 2.05) is 0 Å². The van der Waals surface area contributed by atoms with Crippen LogP contribution < -0.4 is 11.1 Å². The van der Waals surface area contributed by atoms with Crippen LogP contribution >= 0.6 is 11.6 Å². The number of nitrogens with one attached hydrogen (secondary N) is 1. The number of pyridine rings is 1. The third kappa shape index (κ3) is 4.02. The summed E-state index contributed by atoms with van der Waals surface area (Å²) >= 11 is 5.68. The Labute approximate surface area is 131 Å². The summed E-state index contributed by atoms with van der Waals surface area (Å²) in [6.07, 6.45) is 1.62. The van der Waals surface area contributed by atoms with E-state index >= 15 is 0 Å². The van der Waals surface area contributed by atoms with Crippen molar-refractivity contribution in [2.75, 3.05) is 0 Å². The van der Waals surface area contributed by atoms with Crippen LogP contribution in [-0.2, 0) is 11.2 Å². The fourth-order valence-corrected chi connectivity index (χ4v) is 1.98. The summed E-state index contributed by atoms with van der Waals surface area (Å²) in [7, 11) is 0. The van der Waals surface area contributed by atoms with Crippen LogP contribution in [0.1, 0.15) is 15.9 Å². The second kappa shape index (κ2) is 7.00. The summed E-state index contributed by atoms with van der Waals surface area (Å²) in [5.74, 6) is -2.10. The Kier molecular flexibility index (Phi) is 5.06. The Morgan fingerprint density at radius 2 is 2.00 bits per heavy atom. The van der Waals surface area contributed by atoms with E-state index in [9.17, 15) is 14.0 Å². The van der Waals surface area contributed by atoms with Gasteiger partial charge in [-0.05, 0) is 23.8 Å². The maximum Gasteiger partial charge on any atom is 0.254 e. The Morgan fingerprint density at radius 1 is 1.27 bits per heavy atom. The van der Waals surface area contributed by atoms with Crippen LogP contribution in [-0.4, -0.2) is 22.8 Å². The van der Waals surface area contributed by atoms with Gasteiger partial charge in [-0.25, -0.2) is 9.37 Å². The molecule has 0 unspecified atom stereocenters. The third-order valence-corrected chi connectivity index (χ3v) is 3.22. The minimum absolute atomic E-state index is 0.139. The number of nitrogens with zero attached hydrogens (tertiary/aromatic N) is 1. The van der Waals surface area contributed by atoms with Gasteiger partial charge in [0.1, 0.15) is 17.0 Å². The molecule has 1 atom stereocenters. The molecule has 7 heteroatoms. The van der Waals surface area contributed by atoms with Crippen molar-refractivity contribution < 1.29 is 14.0 Å². The number of rotatable bonds is 5. The standard InChI is InChI=1S/C15H13ClFN3O2/c16-13-6-5-9(8-19-13)7-12(14(18)21)20-15(22)10-3-1-2-4-11(10)17/h1-6,8,12H,7H2,(H2,18,21)(H,20,22)/t12-/m1/s1. The molecule has 0 aliphatic carbocycles. The molecular weight excluding hydrogens is 309 g/mol.